The van der Waals surface area contributed by atoms with Crippen molar-refractivity contribution in [2.24, 2.45) is 0 Å². The lowest BCUT2D eigenvalue weighted by Gasteiger charge is -1.71. The SMILES string of the molecule is S=c1ccsnc1. The van der Waals surface area contributed by atoms with Gasteiger partial charge in [-0.15, -0.1) is 0 Å². The lowest BCUT2D eigenvalue weighted by molar-refractivity contribution is 1.51. The zero-order chi connectivity index (χ0) is 5.11. The van der Waals surface area contributed by atoms with E-state index in [1.807, 2.05) is 11.4 Å². The van der Waals surface area contributed by atoms with E-state index in [0.717, 1.165) is 4.51 Å². The first-order valence-corrected chi connectivity index (χ1v) is 3.04. The Labute approximate surface area is 50.8 Å². The van der Waals surface area contributed by atoms with Crippen molar-refractivity contribution in [2.75, 3.05) is 0 Å². The van der Waals surface area contributed by atoms with Crippen molar-refractivity contribution < 1.29 is 0 Å². The second-order valence-corrected chi connectivity index (χ2v) is 2.21. The topological polar surface area (TPSA) is 12.9 Å². The highest BCUT2D eigenvalue weighted by atomic mass is 32.1. The van der Waals surface area contributed by atoms with Crippen molar-refractivity contribution in [2.45, 2.75) is 0 Å². The lowest BCUT2D eigenvalue weighted by Crippen LogP contribution is -1.57. The van der Waals surface area contributed by atoms with Crippen LogP contribution in [0.25, 0.3) is 0 Å². The van der Waals surface area contributed by atoms with E-state index in [2.05, 4.69) is 4.37 Å². The zero-order valence-corrected chi connectivity index (χ0v) is 5.13. The van der Waals surface area contributed by atoms with Gasteiger partial charge < -0.3 is 0 Å². The van der Waals surface area contributed by atoms with E-state index in [9.17, 15) is 0 Å². The van der Waals surface area contributed by atoms with Crippen LogP contribution in [0.15, 0.2) is 17.6 Å². The first kappa shape index (κ1) is 4.87. The Morgan fingerprint density at radius 1 is 1.71 bits per heavy atom. The quantitative estimate of drug-likeness (QED) is 0.496. The average Bonchev–Trinajstić information content (AvgIpc) is 1.69. The van der Waals surface area contributed by atoms with Crippen LogP contribution in [-0.4, -0.2) is 4.37 Å². The van der Waals surface area contributed by atoms with Gasteiger partial charge in [0.25, 0.3) is 0 Å². The Balaban J connectivity index is 3.28. The Bertz CT molecular complexity index is 175. The standard InChI is InChI=1S/C4H3NS2/c6-4-1-2-7-5-3-4/h1-3H. The molecule has 1 rings (SSSR count). The molecule has 0 atom stereocenters. The van der Waals surface area contributed by atoms with E-state index in [1.54, 1.807) is 6.20 Å². The largest absolute Gasteiger partial charge is 0.200 e. The van der Waals surface area contributed by atoms with Crippen LogP contribution in [0, 0.1) is 4.51 Å². The summed E-state index contributed by atoms with van der Waals surface area (Å²) in [6, 6.07) is 1.85. The van der Waals surface area contributed by atoms with Gasteiger partial charge in [-0.25, -0.2) is 0 Å². The molecule has 1 heterocycles. The van der Waals surface area contributed by atoms with Crippen LogP contribution in [-0.2, 0) is 0 Å². The molecule has 0 bridgehead atoms. The molecular weight excluding hydrogens is 126 g/mol. The van der Waals surface area contributed by atoms with Gasteiger partial charge in [0.1, 0.15) is 0 Å². The summed E-state index contributed by atoms with van der Waals surface area (Å²) in [7, 11) is 0. The molecule has 0 radical (unpaired) electrons. The van der Waals surface area contributed by atoms with Crippen LogP contribution in [0.5, 0.6) is 0 Å². The van der Waals surface area contributed by atoms with Crippen molar-refractivity contribution in [1.29, 1.82) is 0 Å². The summed E-state index contributed by atoms with van der Waals surface area (Å²) in [6.45, 7) is 0. The normalized spacial score (nSPS) is 8.57. The molecule has 0 aliphatic carbocycles. The third kappa shape index (κ3) is 1.33. The predicted molar refractivity (Wildman–Crippen MR) is 32.9 cm³/mol. The van der Waals surface area contributed by atoms with E-state index in [-0.39, 0.29) is 0 Å². The molecule has 0 aliphatic heterocycles. The average molecular weight is 129 g/mol. The zero-order valence-electron chi connectivity index (χ0n) is 3.50. The van der Waals surface area contributed by atoms with Crippen LogP contribution in [0.3, 0.4) is 0 Å². The molecule has 0 saturated heterocycles. The molecular formula is C4H3NS2. The molecule has 0 spiro atoms. The molecule has 0 aromatic carbocycles. The fraction of sp³-hybridized carbons (Fsp3) is 0. The van der Waals surface area contributed by atoms with Crippen LogP contribution in [0.4, 0.5) is 0 Å². The van der Waals surface area contributed by atoms with E-state index >= 15 is 0 Å². The maximum atomic E-state index is 4.76. The van der Waals surface area contributed by atoms with E-state index < -0.39 is 0 Å². The van der Waals surface area contributed by atoms with E-state index in [1.165, 1.54) is 11.5 Å². The highest BCUT2D eigenvalue weighted by Gasteiger charge is 1.68. The van der Waals surface area contributed by atoms with Gasteiger partial charge in [-0.1, -0.05) is 12.2 Å². The maximum absolute atomic E-state index is 4.76. The van der Waals surface area contributed by atoms with Gasteiger partial charge in [0.2, 0.25) is 0 Å². The first-order chi connectivity index (χ1) is 3.39. The summed E-state index contributed by atoms with van der Waals surface area (Å²) < 4.78 is 4.63. The Hall–Kier alpha value is -0.280. The third-order valence-corrected chi connectivity index (χ3v) is 1.26. The van der Waals surface area contributed by atoms with Crippen LogP contribution < -0.4 is 0 Å². The molecule has 1 aromatic rings. The summed E-state index contributed by atoms with van der Waals surface area (Å²) in [4.78, 5) is 0. The van der Waals surface area contributed by atoms with Crippen molar-refractivity contribution in [3.8, 4) is 0 Å². The third-order valence-electron chi connectivity index (χ3n) is 0.534. The fourth-order valence-electron chi connectivity index (χ4n) is 0.258. The monoisotopic (exact) mass is 129 g/mol. The smallest absolute Gasteiger partial charge is 0.0579 e. The number of hydrogen-bond donors (Lipinski definition) is 0. The molecule has 0 saturated carbocycles. The molecule has 7 heavy (non-hydrogen) atoms. The minimum Gasteiger partial charge on any atom is -0.200 e. The molecule has 0 aliphatic rings. The van der Waals surface area contributed by atoms with Gasteiger partial charge in [0.15, 0.2) is 0 Å². The molecule has 0 N–H and O–H groups in total. The first-order valence-electron chi connectivity index (χ1n) is 1.79. The highest BCUT2D eigenvalue weighted by molar-refractivity contribution is 7.71. The van der Waals surface area contributed by atoms with Crippen molar-refractivity contribution >= 4 is 23.8 Å². The molecule has 1 aromatic heterocycles. The Morgan fingerprint density at radius 2 is 2.57 bits per heavy atom. The molecule has 3 heteroatoms. The van der Waals surface area contributed by atoms with Gasteiger partial charge in [-0.05, 0) is 17.6 Å². The second kappa shape index (κ2) is 2.14. The van der Waals surface area contributed by atoms with Crippen LogP contribution in [0.1, 0.15) is 0 Å². The lowest BCUT2D eigenvalue weighted by atomic mass is 10.6. The van der Waals surface area contributed by atoms with Gasteiger partial charge in [-0.3, -0.25) is 0 Å². The Kier molecular flexibility index (Phi) is 1.49. The summed E-state index contributed by atoms with van der Waals surface area (Å²) in [5.74, 6) is 0. The minimum atomic E-state index is 0.804. The van der Waals surface area contributed by atoms with Gasteiger partial charge in [-0.2, -0.15) is 4.37 Å². The van der Waals surface area contributed by atoms with Crippen molar-refractivity contribution in [3.63, 3.8) is 0 Å². The number of aromatic nitrogens is 1. The predicted octanol–water partition coefficient (Wildman–Crippen LogP) is 1.87. The van der Waals surface area contributed by atoms with Crippen molar-refractivity contribution in [3.05, 3.63) is 22.2 Å². The number of hydrogen-bond acceptors (Lipinski definition) is 3. The van der Waals surface area contributed by atoms with Crippen LogP contribution in [0.2, 0.25) is 0 Å². The highest BCUT2D eigenvalue weighted by Crippen LogP contribution is 1.89. The Morgan fingerprint density at radius 3 is 2.86 bits per heavy atom. The van der Waals surface area contributed by atoms with E-state index in [0.29, 0.717) is 0 Å². The minimum absolute atomic E-state index is 0.804. The molecule has 0 amide bonds. The second-order valence-electron chi connectivity index (χ2n) is 1.05. The van der Waals surface area contributed by atoms with Crippen molar-refractivity contribution in [1.82, 2.24) is 4.37 Å². The molecule has 0 unspecified atom stereocenters. The molecule has 36 valence electrons. The van der Waals surface area contributed by atoms with Crippen LogP contribution >= 0.6 is 23.8 Å². The van der Waals surface area contributed by atoms with E-state index in [4.69, 9.17) is 12.2 Å². The summed E-state index contributed by atoms with van der Waals surface area (Å²) >= 11 is 6.16. The summed E-state index contributed by atoms with van der Waals surface area (Å²) in [6.07, 6.45) is 1.67. The molecule has 0 fully saturated rings. The van der Waals surface area contributed by atoms with Gasteiger partial charge >= 0.3 is 0 Å². The van der Waals surface area contributed by atoms with Gasteiger partial charge in [0, 0.05) is 5.38 Å². The summed E-state index contributed by atoms with van der Waals surface area (Å²) in [5, 5.41) is 1.86. The fourth-order valence-corrected chi connectivity index (χ4v) is 0.984. The summed E-state index contributed by atoms with van der Waals surface area (Å²) in [5.41, 5.74) is 0. The number of rotatable bonds is 0. The number of nitrogens with zero attached hydrogens (tertiary/aromatic N) is 1. The molecule has 1 nitrogen and oxygen atoms in total. The van der Waals surface area contributed by atoms with Gasteiger partial charge in [0.05, 0.1) is 10.7 Å². The maximum Gasteiger partial charge on any atom is 0.0579 e.